The molecular weight excluding hydrogens is 256 g/mol. The summed E-state index contributed by atoms with van der Waals surface area (Å²) in [5, 5.41) is 0. The van der Waals surface area contributed by atoms with Gasteiger partial charge < -0.3 is 5.73 Å². The van der Waals surface area contributed by atoms with Crippen LogP contribution < -0.4 is 5.73 Å². The predicted octanol–water partition coefficient (Wildman–Crippen LogP) is 3.83. The van der Waals surface area contributed by atoms with E-state index < -0.39 is 0 Å². The Balaban J connectivity index is 2.25. The SMILES string of the molecule is CCN(Cc1ccccc1)C(CN)c1ccc(C)cc1C. The van der Waals surface area contributed by atoms with Crippen LogP contribution in [0.1, 0.15) is 35.2 Å². The summed E-state index contributed by atoms with van der Waals surface area (Å²) >= 11 is 0. The summed E-state index contributed by atoms with van der Waals surface area (Å²) in [6, 6.07) is 17.5. The van der Waals surface area contributed by atoms with Gasteiger partial charge in [-0.3, -0.25) is 4.90 Å². The molecule has 2 rings (SSSR count). The normalized spacial score (nSPS) is 12.6. The number of nitrogens with zero attached hydrogens (tertiary/aromatic N) is 1. The second-order valence-corrected chi connectivity index (χ2v) is 5.66. The van der Waals surface area contributed by atoms with Gasteiger partial charge in [-0.25, -0.2) is 0 Å². The molecule has 0 heterocycles. The van der Waals surface area contributed by atoms with Gasteiger partial charge in [0.05, 0.1) is 0 Å². The van der Waals surface area contributed by atoms with E-state index in [1.54, 1.807) is 0 Å². The fourth-order valence-corrected chi connectivity index (χ4v) is 2.93. The van der Waals surface area contributed by atoms with Crippen LogP contribution in [0.15, 0.2) is 48.5 Å². The van der Waals surface area contributed by atoms with Gasteiger partial charge in [-0.2, -0.15) is 0 Å². The number of rotatable bonds is 6. The Morgan fingerprint density at radius 2 is 1.76 bits per heavy atom. The van der Waals surface area contributed by atoms with Gasteiger partial charge in [0.1, 0.15) is 0 Å². The lowest BCUT2D eigenvalue weighted by molar-refractivity contribution is 0.203. The van der Waals surface area contributed by atoms with Crippen LogP contribution in [0.4, 0.5) is 0 Å². The third kappa shape index (κ3) is 3.93. The third-order valence-electron chi connectivity index (χ3n) is 4.08. The molecule has 21 heavy (non-hydrogen) atoms. The van der Waals surface area contributed by atoms with E-state index in [-0.39, 0.29) is 6.04 Å². The highest BCUT2D eigenvalue weighted by molar-refractivity contribution is 5.33. The Morgan fingerprint density at radius 3 is 2.33 bits per heavy atom. The molecule has 0 aliphatic carbocycles. The number of likely N-dealkylation sites (N-methyl/N-ethyl adjacent to an activating group) is 1. The number of nitrogens with two attached hydrogens (primary N) is 1. The summed E-state index contributed by atoms with van der Waals surface area (Å²) in [4.78, 5) is 2.45. The highest BCUT2D eigenvalue weighted by Gasteiger charge is 2.19. The van der Waals surface area contributed by atoms with Crippen molar-refractivity contribution in [3.05, 3.63) is 70.8 Å². The molecule has 2 aromatic rings. The minimum Gasteiger partial charge on any atom is -0.329 e. The van der Waals surface area contributed by atoms with Crippen LogP contribution >= 0.6 is 0 Å². The summed E-state index contributed by atoms with van der Waals surface area (Å²) in [7, 11) is 0. The molecule has 0 aliphatic heterocycles. The molecule has 2 nitrogen and oxygen atoms in total. The van der Waals surface area contributed by atoms with Crippen LogP contribution in [0.3, 0.4) is 0 Å². The van der Waals surface area contributed by atoms with E-state index in [4.69, 9.17) is 5.73 Å². The van der Waals surface area contributed by atoms with Gasteiger partial charge >= 0.3 is 0 Å². The van der Waals surface area contributed by atoms with Crippen LogP contribution in [-0.2, 0) is 6.54 Å². The fourth-order valence-electron chi connectivity index (χ4n) is 2.93. The van der Waals surface area contributed by atoms with Gasteiger partial charge in [0.2, 0.25) is 0 Å². The van der Waals surface area contributed by atoms with E-state index in [1.165, 1.54) is 22.3 Å². The predicted molar refractivity (Wildman–Crippen MR) is 90.2 cm³/mol. The van der Waals surface area contributed by atoms with Crippen LogP contribution in [-0.4, -0.2) is 18.0 Å². The molecule has 0 saturated carbocycles. The van der Waals surface area contributed by atoms with Crippen LogP contribution in [0.25, 0.3) is 0 Å². The van der Waals surface area contributed by atoms with Crippen molar-refractivity contribution in [3.8, 4) is 0 Å². The molecule has 0 spiro atoms. The number of hydrogen-bond donors (Lipinski definition) is 1. The third-order valence-corrected chi connectivity index (χ3v) is 4.08. The molecule has 0 aliphatic rings. The lowest BCUT2D eigenvalue weighted by Gasteiger charge is -2.31. The maximum atomic E-state index is 6.10. The average molecular weight is 282 g/mol. The van der Waals surface area contributed by atoms with E-state index in [2.05, 4.69) is 74.2 Å². The van der Waals surface area contributed by atoms with Gasteiger partial charge in [0.25, 0.3) is 0 Å². The Bertz CT molecular complexity index is 563. The fraction of sp³-hybridized carbons (Fsp3) is 0.368. The molecule has 0 radical (unpaired) electrons. The monoisotopic (exact) mass is 282 g/mol. The molecule has 0 bridgehead atoms. The Kier molecular flexibility index (Phi) is 5.54. The van der Waals surface area contributed by atoms with Crippen molar-refractivity contribution in [3.63, 3.8) is 0 Å². The first-order chi connectivity index (χ1) is 10.2. The lowest BCUT2D eigenvalue weighted by atomic mass is 9.97. The van der Waals surface area contributed by atoms with Crippen molar-refractivity contribution in [2.24, 2.45) is 5.73 Å². The molecule has 112 valence electrons. The van der Waals surface area contributed by atoms with E-state index in [0.717, 1.165) is 13.1 Å². The number of benzene rings is 2. The second-order valence-electron chi connectivity index (χ2n) is 5.66. The largest absolute Gasteiger partial charge is 0.329 e. The van der Waals surface area contributed by atoms with Gasteiger partial charge in [0.15, 0.2) is 0 Å². The zero-order chi connectivity index (χ0) is 15.2. The van der Waals surface area contributed by atoms with E-state index >= 15 is 0 Å². The van der Waals surface area contributed by atoms with Crippen molar-refractivity contribution in [1.29, 1.82) is 0 Å². The topological polar surface area (TPSA) is 29.3 Å². The van der Waals surface area contributed by atoms with Crippen LogP contribution in [0.5, 0.6) is 0 Å². The first-order valence-electron chi connectivity index (χ1n) is 7.71. The molecule has 2 N–H and O–H groups in total. The molecule has 0 saturated heterocycles. The van der Waals surface area contributed by atoms with Gasteiger partial charge in [-0.1, -0.05) is 61.0 Å². The summed E-state index contributed by atoms with van der Waals surface area (Å²) < 4.78 is 0. The van der Waals surface area contributed by atoms with Crippen molar-refractivity contribution in [2.75, 3.05) is 13.1 Å². The zero-order valence-corrected chi connectivity index (χ0v) is 13.3. The zero-order valence-electron chi connectivity index (χ0n) is 13.3. The molecule has 2 heteroatoms. The van der Waals surface area contributed by atoms with Crippen molar-refractivity contribution < 1.29 is 0 Å². The van der Waals surface area contributed by atoms with E-state index in [1.807, 2.05) is 0 Å². The quantitative estimate of drug-likeness (QED) is 0.872. The molecule has 1 unspecified atom stereocenters. The minimum atomic E-state index is 0.274. The maximum absolute atomic E-state index is 6.10. The van der Waals surface area contributed by atoms with E-state index in [9.17, 15) is 0 Å². The van der Waals surface area contributed by atoms with Gasteiger partial charge in [0, 0.05) is 19.1 Å². The molecule has 2 aromatic carbocycles. The molecule has 0 amide bonds. The van der Waals surface area contributed by atoms with Crippen LogP contribution in [0, 0.1) is 13.8 Å². The molecule has 0 fully saturated rings. The lowest BCUT2D eigenvalue weighted by Crippen LogP contribution is -2.33. The second kappa shape index (κ2) is 7.39. The minimum absolute atomic E-state index is 0.274. The smallest absolute Gasteiger partial charge is 0.0476 e. The Hall–Kier alpha value is -1.64. The first-order valence-corrected chi connectivity index (χ1v) is 7.71. The van der Waals surface area contributed by atoms with Gasteiger partial charge in [-0.05, 0) is 37.1 Å². The standard InChI is InChI=1S/C19H26N2/c1-4-21(14-17-8-6-5-7-9-17)19(13-20)18-11-10-15(2)12-16(18)3/h5-12,19H,4,13-14,20H2,1-3H3. The summed E-state index contributed by atoms with van der Waals surface area (Å²) in [6.07, 6.45) is 0. The molecule has 1 atom stereocenters. The van der Waals surface area contributed by atoms with Gasteiger partial charge in [-0.15, -0.1) is 0 Å². The van der Waals surface area contributed by atoms with Crippen molar-refractivity contribution in [1.82, 2.24) is 4.90 Å². The summed E-state index contributed by atoms with van der Waals surface area (Å²) in [6.45, 7) is 9.09. The van der Waals surface area contributed by atoms with E-state index in [0.29, 0.717) is 6.54 Å². The summed E-state index contributed by atoms with van der Waals surface area (Å²) in [5.74, 6) is 0. The molecule has 0 aromatic heterocycles. The first kappa shape index (κ1) is 15.7. The highest BCUT2D eigenvalue weighted by Crippen LogP contribution is 2.25. The summed E-state index contributed by atoms with van der Waals surface area (Å²) in [5.41, 5.74) is 11.4. The number of hydrogen-bond acceptors (Lipinski definition) is 2. The Labute approximate surface area is 128 Å². The van der Waals surface area contributed by atoms with Crippen molar-refractivity contribution >= 4 is 0 Å². The van der Waals surface area contributed by atoms with Crippen molar-refractivity contribution in [2.45, 2.75) is 33.4 Å². The highest BCUT2D eigenvalue weighted by atomic mass is 15.2. The molecular formula is C19H26N2. The Morgan fingerprint density at radius 1 is 1.05 bits per heavy atom. The maximum Gasteiger partial charge on any atom is 0.0476 e. The van der Waals surface area contributed by atoms with Crippen LogP contribution in [0.2, 0.25) is 0 Å². The average Bonchev–Trinajstić information content (AvgIpc) is 2.49. The number of aryl methyl sites for hydroxylation is 2.